The lowest BCUT2D eigenvalue weighted by molar-refractivity contribution is 0.205. The lowest BCUT2D eigenvalue weighted by Gasteiger charge is -1.98. The first-order valence-corrected chi connectivity index (χ1v) is 4.20. The Morgan fingerprint density at radius 1 is 1.62 bits per heavy atom. The normalized spacial score (nSPS) is 13.1. The Labute approximate surface area is 77.4 Å². The minimum Gasteiger partial charge on any atom is -0.378 e. The van der Waals surface area contributed by atoms with Gasteiger partial charge >= 0.3 is 0 Å². The molecular formula is C5H6N6OS. The van der Waals surface area contributed by atoms with Gasteiger partial charge in [-0.2, -0.15) is 13.5 Å². The first kappa shape index (κ1) is 8.20. The minimum atomic E-state index is -0.938. The molecule has 0 saturated carbocycles. The molecule has 1 atom stereocenters. The van der Waals surface area contributed by atoms with Crippen LogP contribution in [-0.2, 0) is 7.05 Å². The van der Waals surface area contributed by atoms with E-state index in [9.17, 15) is 5.11 Å². The highest BCUT2D eigenvalue weighted by atomic mass is 32.1. The Morgan fingerprint density at radius 2 is 2.46 bits per heavy atom. The van der Waals surface area contributed by atoms with Crippen LogP contribution in [0.3, 0.4) is 0 Å². The molecule has 13 heavy (non-hydrogen) atoms. The van der Waals surface area contributed by atoms with Crippen molar-refractivity contribution in [2.24, 2.45) is 7.05 Å². The monoisotopic (exact) mass is 198 g/mol. The summed E-state index contributed by atoms with van der Waals surface area (Å²) in [7, 11) is 1.63. The molecule has 1 N–H and O–H groups in total. The fourth-order valence-electron chi connectivity index (χ4n) is 0.833. The molecule has 2 aromatic rings. The predicted molar refractivity (Wildman–Crippen MR) is 42.8 cm³/mol. The standard InChI is InChI=1S/C5H6N6OS/c1-11-8-5(7-10-11)4(12)3-2-6-13-9-3/h2,4,12H,1H3. The van der Waals surface area contributed by atoms with Crippen LogP contribution in [-0.4, -0.2) is 34.1 Å². The predicted octanol–water partition coefficient (Wildman–Crippen LogP) is -0.857. The van der Waals surface area contributed by atoms with Crippen LogP contribution >= 0.6 is 11.7 Å². The summed E-state index contributed by atoms with van der Waals surface area (Å²) >= 11 is 1.03. The van der Waals surface area contributed by atoms with Gasteiger partial charge in [0.05, 0.1) is 25.0 Å². The second-order valence-electron chi connectivity index (χ2n) is 2.37. The van der Waals surface area contributed by atoms with E-state index >= 15 is 0 Å². The molecule has 0 aliphatic carbocycles. The van der Waals surface area contributed by atoms with Crippen LogP contribution in [0.15, 0.2) is 6.20 Å². The summed E-state index contributed by atoms with van der Waals surface area (Å²) in [5.74, 6) is 0.232. The van der Waals surface area contributed by atoms with Crippen LogP contribution in [0.25, 0.3) is 0 Å². The van der Waals surface area contributed by atoms with E-state index in [2.05, 4.69) is 24.2 Å². The molecule has 0 aliphatic rings. The highest BCUT2D eigenvalue weighted by Crippen LogP contribution is 2.14. The Kier molecular flexibility index (Phi) is 1.99. The van der Waals surface area contributed by atoms with Gasteiger partial charge in [0, 0.05) is 0 Å². The van der Waals surface area contributed by atoms with Crippen molar-refractivity contribution in [3.63, 3.8) is 0 Å². The molecule has 1 unspecified atom stereocenters. The molecule has 0 aromatic carbocycles. The largest absolute Gasteiger partial charge is 0.378 e. The lowest BCUT2D eigenvalue weighted by Crippen LogP contribution is -2.03. The molecule has 8 heteroatoms. The number of aliphatic hydroxyl groups excluding tert-OH is 1. The zero-order chi connectivity index (χ0) is 9.26. The van der Waals surface area contributed by atoms with E-state index in [0.717, 1.165) is 11.7 Å². The first-order chi connectivity index (χ1) is 6.27. The van der Waals surface area contributed by atoms with Crippen molar-refractivity contribution in [1.29, 1.82) is 0 Å². The smallest absolute Gasteiger partial charge is 0.209 e. The SMILES string of the molecule is Cn1nnc(C(O)c2cnsn2)n1. The van der Waals surface area contributed by atoms with E-state index in [1.807, 2.05) is 0 Å². The fraction of sp³-hybridized carbons (Fsp3) is 0.400. The van der Waals surface area contributed by atoms with Gasteiger partial charge in [0.25, 0.3) is 0 Å². The van der Waals surface area contributed by atoms with Gasteiger partial charge < -0.3 is 5.11 Å². The van der Waals surface area contributed by atoms with Crippen LogP contribution in [0.4, 0.5) is 0 Å². The van der Waals surface area contributed by atoms with Gasteiger partial charge in [0.1, 0.15) is 5.69 Å². The number of hydrogen-bond acceptors (Lipinski definition) is 7. The molecule has 0 fully saturated rings. The molecule has 68 valence electrons. The first-order valence-electron chi connectivity index (χ1n) is 3.47. The maximum Gasteiger partial charge on any atom is 0.209 e. The summed E-state index contributed by atoms with van der Waals surface area (Å²) in [5.41, 5.74) is 0.443. The number of tetrazole rings is 1. The highest BCUT2D eigenvalue weighted by Gasteiger charge is 2.17. The van der Waals surface area contributed by atoms with E-state index in [4.69, 9.17) is 0 Å². The molecule has 0 saturated heterocycles. The Morgan fingerprint density at radius 3 is 3.00 bits per heavy atom. The highest BCUT2D eigenvalue weighted by molar-refractivity contribution is 6.99. The van der Waals surface area contributed by atoms with E-state index in [-0.39, 0.29) is 5.82 Å². The van der Waals surface area contributed by atoms with Crippen LogP contribution < -0.4 is 0 Å². The molecule has 2 heterocycles. The topological polar surface area (TPSA) is 89.6 Å². The fourth-order valence-corrected chi connectivity index (χ4v) is 1.28. The van der Waals surface area contributed by atoms with Crippen LogP contribution in [0.2, 0.25) is 0 Å². The maximum absolute atomic E-state index is 9.62. The van der Waals surface area contributed by atoms with Gasteiger partial charge in [-0.15, -0.1) is 10.2 Å². The van der Waals surface area contributed by atoms with E-state index < -0.39 is 6.10 Å². The van der Waals surface area contributed by atoms with Gasteiger partial charge in [0.2, 0.25) is 5.82 Å². The zero-order valence-corrected chi connectivity index (χ0v) is 7.51. The summed E-state index contributed by atoms with van der Waals surface area (Å²) < 4.78 is 7.63. The van der Waals surface area contributed by atoms with Crippen molar-refractivity contribution in [2.75, 3.05) is 0 Å². The summed E-state index contributed by atoms with van der Waals surface area (Å²) in [5, 5.41) is 20.7. The molecule has 7 nitrogen and oxygen atoms in total. The number of aryl methyl sites for hydroxylation is 1. The molecular weight excluding hydrogens is 192 g/mol. The summed E-state index contributed by atoms with van der Waals surface area (Å²) in [6.07, 6.45) is 0.540. The summed E-state index contributed by atoms with van der Waals surface area (Å²) in [4.78, 5) is 1.28. The summed E-state index contributed by atoms with van der Waals surface area (Å²) in [6, 6.07) is 0. The molecule has 0 aliphatic heterocycles. The van der Waals surface area contributed by atoms with Crippen LogP contribution in [0.1, 0.15) is 17.6 Å². The second kappa shape index (κ2) is 3.15. The van der Waals surface area contributed by atoms with Crippen LogP contribution in [0.5, 0.6) is 0 Å². The zero-order valence-electron chi connectivity index (χ0n) is 6.69. The van der Waals surface area contributed by atoms with Crippen molar-refractivity contribution in [3.8, 4) is 0 Å². The van der Waals surface area contributed by atoms with Crippen molar-refractivity contribution in [3.05, 3.63) is 17.7 Å². The molecule has 2 aromatic heterocycles. The Balaban J connectivity index is 2.28. The van der Waals surface area contributed by atoms with Gasteiger partial charge in [-0.1, -0.05) is 0 Å². The number of rotatable bonds is 2. The van der Waals surface area contributed by atoms with Gasteiger partial charge in [0.15, 0.2) is 6.10 Å². The van der Waals surface area contributed by atoms with Gasteiger partial charge in [-0.05, 0) is 5.21 Å². The summed E-state index contributed by atoms with van der Waals surface area (Å²) in [6.45, 7) is 0. The van der Waals surface area contributed by atoms with Crippen LogP contribution in [0, 0.1) is 0 Å². The molecule has 0 amide bonds. The van der Waals surface area contributed by atoms with Crippen molar-refractivity contribution >= 4 is 11.7 Å². The molecule has 0 spiro atoms. The average molecular weight is 198 g/mol. The third kappa shape index (κ3) is 1.53. The van der Waals surface area contributed by atoms with Crippen molar-refractivity contribution < 1.29 is 5.11 Å². The molecule has 2 rings (SSSR count). The number of aliphatic hydroxyl groups is 1. The van der Waals surface area contributed by atoms with Gasteiger partial charge in [-0.3, -0.25) is 0 Å². The van der Waals surface area contributed by atoms with Crippen molar-refractivity contribution in [2.45, 2.75) is 6.10 Å². The third-order valence-corrected chi connectivity index (χ3v) is 1.92. The van der Waals surface area contributed by atoms with Crippen molar-refractivity contribution in [1.82, 2.24) is 29.0 Å². The van der Waals surface area contributed by atoms with Gasteiger partial charge in [-0.25, -0.2) is 0 Å². The number of hydrogen-bond donors (Lipinski definition) is 1. The molecule has 0 bridgehead atoms. The lowest BCUT2D eigenvalue weighted by atomic mass is 10.3. The average Bonchev–Trinajstić information content (AvgIpc) is 2.72. The third-order valence-electron chi connectivity index (χ3n) is 1.43. The van der Waals surface area contributed by atoms with E-state index in [0.29, 0.717) is 5.69 Å². The Bertz CT molecular complexity index is 383. The Hall–Kier alpha value is -1.41. The number of nitrogens with zero attached hydrogens (tertiary/aromatic N) is 6. The quantitative estimate of drug-likeness (QED) is 0.675. The molecule has 0 radical (unpaired) electrons. The maximum atomic E-state index is 9.62. The van der Waals surface area contributed by atoms with E-state index in [1.165, 1.54) is 11.0 Å². The minimum absolute atomic E-state index is 0.232. The second-order valence-corrected chi connectivity index (χ2v) is 2.93. The van der Waals surface area contributed by atoms with E-state index in [1.54, 1.807) is 7.05 Å². The number of aromatic nitrogens is 6.